The third kappa shape index (κ3) is 4.66. The Morgan fingerprint density at radius 3 is 2.67 bits per heavy atom. The summed E-state index contributed by atoms with van der Waals surface area (Å²) < 4.78 is 1.38. The van der Waals surface area contributed by atoms with E-state index in [-0.39, 0.29) is 18.0 Å². The van der Waals surface area contributed by atoms with Crippen molar-refractivity contribution in [1.82, 2.24) is 19.9 Å². The number of nitrogens with zero attached hydrogens (tertiary/aromatic N) is 3. The number of hydrogen-bond acceptors (Lipinski definition) is 7. The normalized spacial score (nSPS) is 11.2. The van der Waals surface area contributed by atoms with Crippen LogP contribution in [0, 0.1) is 6.92 Å². The van der Waals surface area contributed by atoms with Gasteiger partial charge in [0.25, 0.3) is 5.56 Å². The van der Waals surface area contributed by atoms with Gasteiger partial charge in [0.05, 0.1) is 22.4 Å². The van der Waals surface area contributed by atoms with Gasteiger partial charge in [0, 0.05) is 33.3 Å². The van der Waals surface area contributed by atoms with Crippen LogP contribution in [0.3, 0.4) is 0 Å². The van der Waals surface area contributed by atoms with Gasteiger partial charge in [-0.05, 0) is 30.4 Å². The lowest BCUT2D eigenvalue weighted by Gasteiger charge is -2.08. The van der Waals surface area contributed by atoms with Crippen LogP contribution in [0.25, 0.3) is 31.9 Å². The number of carbonyl (C=O) groups is 1. The molecule has 0 atom stereocenters. The van der Waals surface area contributed by atoms with Crippen molar-refractivity contribution >= 4 is 50.1 Å². The molecule has 0 unspecified atom stereocenters. The van der Waals surface area contributed by atoms with Gasteiger partial charge in [0.2, 0.25) is 5.91 Å². The van der Waals surface area contributed by atoms with E-state index < -0.39 is 0 Å². The van der Waals surface area contributed by atoms with Gasteiger partial charge in [-0.2, -0.15) is 0 Å². The quantitative estimate of drug-likeness (QED) is 0.348. The molecular weight excluding hydrogens is 472 g/mol. The molecule has 1 N–H and O–H groups in total. The zero-order valence-electron chi connectivity index (χ0n) is 17.8. The Morgan fingerprint density at radius 2 is 1.94 bits per heavy atom. The van der Waals surface area contributed by atoms with Gasteiger partial charge >= 0.3 is 0 Å². The number of carbonyl (C=O) groups excluding carboxylic acids is 1. The van der Waals surface area contributed by atoms with E-state index in [2.05, 4.69) is 44.9 Å². The highest BCUT2D eigenvalue weighted by Crippen LogP contribution is 2.33. The fourth-order valence-electron chi connectivity index (χ4n) is 3.59. The molecule has 33 heavy (non-hydrogen) atoms. The number of aromatic nitrogens is 3. The van der Waals surface area contributed by atoms with E-state index in [1.54, 1.807) is 22.7 Å². The van der Waals surface area contributed by atoms with Crippen molar-refractivity contribution in [1.29, 1.82) is 0 Å². The number of thiazole rings is 1. The van der Waals surface area contributed by atoms with E-state index in [0.29, 0.717) is 23.2 Å². The molecule has 1 amide bonds. The number of rotatable bonds is 7. The first-order valence-corrected chi connectivity index (χ1v) is 13.0. The summed E-state index contributed by atoms with van der Waals surface area (Å²) in [6.07, 6.45) is 2.17. The molecule has 0 bridgehead atoms. The minimum atomic E-state index is -0.208. The number of hydrogen-bond donors (Lipinski definition) is 1. The zero-order valence-corrected chi connectivity index (χ0v) is 20.2. The second kappa shape index (κ2) is 9.38. The molecule has 1 aromatic carbocycles. The highest BCUT2D eigenvalue weighted by Gasteiger charge is 2.15. The van der Waals surface area contributed by atoms with E-state index in [1.807, 2.05) is 29.8 Å². The Morgan fingerprint density at radius 1 is 1.09 bits per heavy atom. The van der Waals surface area contributed by atoms with Crippen molar-refractivity contribution < 1.29 is 4.79 Å². The van der Waals surface area contributed by atoms with Crippen molar-refractivity contribution in [2.75, 3.05) is 6.54 Å². The van der Waals surface area contributed by atoms with Crippen LogP contribution in [0.4, 0.5) is 0 Å². The summed E-state index contributed by atoms with van der Waals surface area (Å²) >= 11 is 4.66. The minimum absolute atomic E-state index is 0.0520. The van der Waals surface area contributed by atoms with Gasteiger partial charge in [-0.3, -0.25) is 14.2 Å². The Balaban J connectivity index is 1.21. The molecule has 0 spiro atoms. The fourth-order valence-corrected chi connectivity index (χ4v) is 5.93. The van der Waals surface area contributed by atoms with Crippen molar-refractivity contribution in [3.63, 3.8) is 0 Å². The van der Waals surface area contributed by atoms with Gasteiger partial charge in [-0.15, -0.1) is 34.0 Å². The van der Waals surface area contributed by atoms with Crippen LogP contribution in [0.1, 0.15) is 10.6 Å². The largest absolute Gasteiger partial charge is 0.354 e. The highest BCUT2D eigenvalue weighted by atomic mass is 32.1. The molecule has 166 valence electrons. The summed E-state index contributed by atoms with van der Waals surface area (Å²) in [5, 5.41) is 10.5. The van der Waals surface area contributed by atoms with E-state index >= 15 is 0 Å². The van der Waals surface area contributed by atoms with Crippen LogP contribution >= 0.6 is 34.0 Å². The molecule has 5 rings (SSSR count). The first kappa shape index (κ1) is 21.7. The van der Waals surface area contributed by atoms with Crippen LogP contribution < -0.4 is 10.9 Å². The van der Waals surface area contributed by atoms with Gasteiger partial charge in [-0.25, -0.2) is 9.97 Å². The van der Waals surface area contributed by atoms with Gasteiger partial charge < -0.3 is 5.32 Å². The van der Waals surface area contributed by atoms with E-state index in [4.69, 9.17) is 0 Å². The average Bonchev–Trinajstić information content (AvgIpc) is 3.57. The second-order valence-corrected chi connectivity index (χ2v) is 10.4. The lowest BCUT2D eigenvalue weighted by atomic mass is 10.1. The first-order valence-electron chi connectivity index (χ1n) is 10.4. The molecular formula is C24H20N4O2S3. The molecule has 6 nitrogen and oxygen atoms in total. The van der Waals surface area contributed by atoms with Crippen molar-refractivity contribution in [3.05, 3.63) is 79.8 Å². The Labute approximate surface area is 202 Å². The smallest absolute Gasteiger partial charge is 0.263 e. The summed E-state index contributed by atoms with van der Waals surface area (Å²) in [5.41, 5.74) is 3.90. The van der Waals surface area contributed by atoms with Crippen LogP contribution in [0.2, 0.25) is 0 Å². The molecule has 0 saturated heterocycles. The predicted molar refractivity (Wildman–Crippen MR) is 136 cm³/mol. The summed E-state index contributed by atoms with van der Waals surface area (Å²) in [6, 6.07) is 12.2. The molecule has 5 aromatic rings. The molecule has 0 radical (unpaired) electrons. The number of fused-ring (bicyclic) bond motifs is 1. The topological polar surface area (TPSA) is 76.9 Å². The predicted octanol–water partition coefficient (Wildman–Crippen LogP) is 4.98. The third-order valence-corrected chi connectivity index (χ3v) is 7.83. The van der Waals surface area contributed by atoms with Crippen LogP contribution in [0.15, 0.2) is 63.7 Å². The van der Waals surface area contributed by atoms with E-state index in [1.165, 1.54) is 22.2 Å². The molecule has 0 saturated carbocycles. The maximum absolute atomic E-state index is 13.0. The molecule has 4 heterocycles. The second-order valence-electron chi connectivity index (χ2n) is 7.53. The molecule has 0 aliphatic heterocycles. The number of amides is 1. The number of aryl methyl sites for hydroxylation is 1. The lowest BCUT2D eigenvalue weighted by molar-refractivity contribution is -0.121. The minimum Gasteiger partial charge on any atom is -0.354 e. The average molecular weight is 493 g/mol. The first-order chi connectivity index (χ1) is 16.1. The SMILES string of the molecule is Cc1nc(-c2ccc(CCNC(=O)Cn3cnc4scc(-c5cccs5)c4c3=O)cc2)cs1. The van der Waals surface area contributed by atoms with Gasteiger partial charge in [-0.1, -0.05) is 30.3 Å². The number of nitrogens with one attached hydrogen (secondary N) is 1. The van der Waals surface area contributed by atoms with Crippen molar-refractivity contribution in [3.8, 4) is 21.7 Å². The van der Waals surface area contributed by atoms with Crippen LogP contribution in [0.5, 0.6) is 0 Å². The molecule has 0 aliphatic carbocycles. The monoisotopic (exact) mass is 492 g/mol. The maximum atomic E-state index is 13.0. The molecule has 0 fully saturated rings. The van der Waals surface area contributed by atoms with Crippen LogP contribution in [-0.2, 0) is 17.8 Å². The standard InChI is InChI=1S/C24H20N4O2S3/c1-15-27-19(13-32-15)17-6-4-16(5-7-17)8-9-25-21(29)11-28-14-26-23-22(24(28)30)18(12-33-23)20-3-2-10-31-20/h2-7,10,12-14H,8-9,11H2,1H3,(H,25,29). The fraction of sp³-hybridized carbons (Fsp3) is 0.167. The molecule has 0 aliphatic rings. The van der Waals surface area contributed by atoms with E-state index in [0.717, 1.165) is 32.3 Å². The Bertz CT molecular complexity index is 1460. The van der Waals surface area contributed by atoms with Crippen molar-refractivity contribution in [2.45, 2.75) is 19.9 Å². The Hall–Kier alpha value is -3.14. The highest BCUT2D eigenvalue weighted by molar-refractivity contribution is 7.18. The number of thiophene rings is 2. The number of benzene rings is 1. The summed E-state index contributed by atoms with van der Waals surface area (Å²) in [7, 11) is 0. The Kier molecular flexibility index (Phi) is 6.17. The summed E-state index contributed by atoms with van der Waals surface area (Å²) in [4.78, 5) is 36.1. The third-order valence-electron chi connectivity index (χ3n) is 5.27. The maximum Gasteiger partial charge on any atom is 0.263 e. The summed E-state index contributed by atoms with van der Waals surface area (Å²) in [5.74, 6) is -0.208. The zero-order chi connectivity index (χ0) is 22.8. The molecule has 9 heteroatoms. The van der Waals surface area contributed by atoms with E-state index in [9.17, 15) is 9.59 Å². The summed E-state index contributed by atoms with van der Waals surface area (Å²) in [6.45, 7) is 2.44. The van der Waals surface area contributed by atoms with Crippen molar-refractivity contribution in [2.24, 2.45) is 0 Å². The van der Waals surface area contributed by atoms with Crippen LogP contribution in [-0.4, -0.2) is 27.0 Å². The molecule has 4 aromatic heterocycles. The lowest BCUT2D eigenvalue weighted by Crippen LogP contribution is -2.33. The van der Waals surface area contributed by atoms with Gasteiger partial charge in [0.1, 0.15) is 11.4 Å². The van der Waals surface area contributed by atoms with Gasteiger partial charge in [0.15, 0.2) is 0 Å².